The second-order valence-corrected chi connectivity index (χ2v) is 6.42. The first-order valence-corrected chi connectivity index (χ1v) is 8.04. The number of benzene rings is 2. The van der Waals surface area contributed by atoms with Crippen molar-refractivity contribution in [1.29, 1.82) is 0 Å². The molecule has 3 nitrogen and oxygen atoms in total. The summed E-state index contributed by atoms with van der Waals surface area (Å²) >= 11 is 11.9. The molecule has 1 N–H and O–H groups in total. The van der Waals surface area contributed by atoms with Crippen molar-refractivity contribution in [3.63, 3.8) is 0 Å². The minimum atomic E-state index is -0.651. The molecule has 2 rings (SSSR count). The van der Waals surface area contributed by atoms with Crippen LogP contribution in [0.1, 0.15) is 23.6 Å². The van der Waals surface area contributed by atoms with Crippen LogP contribution in [0.4, 0.5) is 5.69 Å². The first kappa shape index (κ1) is 17.6. The molecule has 0 aliphatic rings. The Morgan fingerprint density at radius 3 is 2.48 bits per heavy atom. The molecule has 0 saturated carbocycles. The average molecular weight is 352 g/mol. The highest BCUT2D eigenvalue weighted by Crippen LogP contribution is 2.27. The Balaban J connectivity index is 2.11. The van der Waals surface area contributed by atoms with Gasteiger partial charge in [-0.05, 0) is 68.7 Å². The van der Waals surface area contributed by atoms with E-state index in [9.17, 15) is 4.79 Å². The largest absolute Gasteiger partial charge is 0.481 e. The maximum absolute atomic E-state index is 12.3. The molecular formula is C18H19Cl2NO2. The van der Waals surface area contributed by atoms with E-state index in [0.717, 1.165) is 16.7 Å². The minimum Gasteiger partial charge on any atom is -0.481 e. The van der Waals surface area contributed by atoms with E-state index in [0.29, 0.717) is 21.5 Å². The third-order valence-corrected chi connectivity index (χ3v) is 4.17. The van der Waals surface area contributed by atoms with Crippen LogP contribution in [0.3, 0.4) is 0 Å². The molecule has 0 unspecified atom stereocenters. The summed E-state index contributed by atoms with van der Waals surface area (Å²) in [5, 5.41) is 3.66. The number of hydrogen-bond acceptors (Lipinski definition) is 2. The predicted molar refractivity (Wildman–Crippen MR) is 95.8 cm³/mol. The quantitative estimate of drug-likeness (QED) is 0.808. The molecule has 0 saturated heterocycles. The van der Waals surface area contributed by atoms with E-state index < -0.39 is 6.10 Å². The maximum atomic E-state index is 12.3. The van der Waals surface area contributed by atoms with Crippen LogP contribution in [-0.4, -0.2) is 12.0 Å². The Bertz CT molecular complexity index is 744. The SMILES string of the molecule is Cc1cc(C)c(C)c(O[C@H](C)C(=O)Nc2ccc(Cl)cc2Cl)c1. The van der Waals surface area contributed by atoms with Crippen molar-refractivity contribution in [1.82, 2.24) is 0 Å². The number of nitrogens with one attached hydrogen (secondary N) is 1. The highest BCUT2D eigenvalue weighted by molar-refractivity contribution is 6.36. The lowest BCUT2D eigenvalue weighted by atomic mass is 10.1. The summed E-state index contributed by atoms with van der Waals surface area (Å²) in [7, 11) is 0. The number of hydrogen-bond donors (Lipinski definition) is 1. The molecule has 122 valence electrons. The second kappa shape index (κ2) is 7.24. The topological polar surface area (TPSA) is 38.3 Å². The smallest absolute Gasteiger partial charge is 0.265 e. The summed E-state index contributed by atoms with van der Waals surface area (Å²) in [6, 6.07) is 8.93. The normalized spacial score (nSPS) is 11.9. The van der Waals surface area contributed by atoms with Gasteiger partial charge < -0.3 is 10.1 Å². The summed E-state index contributed by atoms with van der Waals surface area (Å²) in [5.41, 5.74) is 3.76. The summed E-state index contributed by atoms with van der Waals surface area (Å²) in [4.78, 5) is 12.3. The van der Waals surface area contributed by atoms with E-state index in [1.165, 1.54) is 0 Å². The van der Waals surface area contributed by atoms with Gasteiger partial charge in [0, 0.05) is 5.02 Å². The third-order valence-electron chi connectivity index (χ3n) is 3.63. The van der Waals surface area contributed by atoms with Gasteiger partial charge in [0.2, 0.25) is 0 Å². The Hall–Kier alpha value is -1.71. The molecular weight excluding hydrogens is 333 g/mol. The fraction of sp³-hybridized carbons (Fsp3) is 0.278. The van der Waals surface area contributed by atoms with Crippen LogP contribution in [0.2, 0.25) is 10.0 Å². The number of carbonyl (C=O) groups is 1. The Morgan fingerprint density at radius 2 is 1.83 bits per heavy atom. The number of anilines is 1. The first-order valence-electron chi connectivity index (χ1n) is 7.28. The van der Waals surface area contributed by atoms with E-state index in [1.54, 1.807) is 25.1 Å². The average Bonchev–Trinajstić information content (AvgIpc) is 2.47. The van der Waals surface area contributed by atoms with E-state index in [1.807, 2.05) is 26.8 Å². The molecule has 0 heterocycles. The predicted octanol–water partition coefficient (Wildman–Crippen LogP) is 5.32. The zero-order chi connectivity index (χ0) is 17.1. The van der Waals surface area contributed by atoms with Gasteiger partial charge in [0.15, 0.2) is 6.10 Å². The summed E-state index contributed by atoms with van der Waals surface area (Å²) < 4.78 is 5.82. The lowest BCUT2D eigenvalue weighted by molar-refractivity contribution is -0.122. The van der Waals surface area contributed by atoms with Gasteiger partial charge in [-0.25, -0.2) is 0 Å². The van der Waals surface area contributed by atoms with Gasteiger partial charge in [0.1, 0.15) is 5.75 Å². The number of carbonyl (C=O) groups excluding carboxylic acids is 1. The first-order chi connectivity index (χ1) is 10.8. The molecule has 2 aromatic carbocycles. The Morgan fingerprint density at radius 1 is 1.13 bits per heavy atom. The van der Waals surface area contributed by atoms with Crippen molar-refractivity contribution in [3.05, 3.63) is 57.1 Å². The van der Waals surface area contributed by atoms with Gasteiger partial charge in [-0.3, -0.25) is 4.79 Å². The van der Waals surface area contributed by atoms with Crippen molar-refractivity contribution in [2.75, 3.05) is 5.32 Å². The van der Waals surface area contributed by atoms with E-state index in [2.05, 4.69) is 11.4 Å². The lowest BCUT2D eigenvalue weighted by Crippen LogP contribution is -2.30. The highest BCUT2D eigenvalue weighted by Gasteiger charge is 2.17. The van der Waals surface area contributed by atoms with Gasteiger partial charge >= 0.3 is 0 Å². The zero-order valence-corrected chi connectivity index (χ0v) is 15.0. The van der Waals surface area contributed by atoms with Crippen LogP contribution in [-0.2, 0) is 4.79 Å². The van der Waals surface area contributed by atoms with Gasteiger partial charge in [0.25, 0.3) is 5.91 Å². The van der Waals surface area contributed by atoms with Crippen molar-refractivity contribution >= 4 is 34.8 Å². The van der Waals surface area contributed by atoms with Gasteiger partial charge in [-0.2, -0.15) is 0 Å². The molecule has 23 heavy (non-hydrogen) atoms. The highest BCUT2D eigenvalue weighted by atomic mass is 35.5. The molecule has 1 atom stereocenters. The molecule has 0 aliphatic carbocycles. The Labute approximate surface area is 146 Å². The molecule has 0 fully saturated rings. The van der Waals surface area contributed by atoms with Crippen LogP contribution in [0, 0.1) is 20.8 Å². The van der Waals surface area contributed by atoms with Crippen LogP contribution < -0.4 is 10.1 Å². The molecule has 5 heteroatoms. The number of amides is 1. The number of ether oxygens (including phenoxy) is 1. The Kier molecular flexibility index (Phi) is 5.55. The fourth-order valence-corrected chi connectivity index (χ4v) is 2.65. The van der Waals surface area contributed by atoms with E-state index in [-0.39, 0.29) is 5.91 Å². The van der Waals surface area contributed by atoms with Crippen LogP contribution in [0.5, 0.6) is 5.75 Å². The monoisotopic (exact) mass is 351 g/mol. The van der Waals surface area contributed by atoms with E-state index in [4.69, 9.17) is 27.9 Å². The van der Waals surface area contributed by atoms with E-state index >= 15 is 0 Å². The van der Waals surface area contributed by atoms with Crippen LogP contribution in [0.25, 0.3) is 0 Å². The molecule has 2 aromatic rings. The second-order valence-electron chi connectivity index (χ2n) is 5.58. The van der Waals surface area contributed by atoms with Crippen molar-refractivity contribution in [2.24, 2.45) is 0 Å². The van der Waals surface area contributed by atoms with Crippen molar-refractivity contribution in [2.45, 2.75) is 33.8 Å². The zero-order valence-electron chi connectivity index (χ0n) is 13.5. The lowest BCUT2D eigenvalue weighted by Gasteiger charge is -2.18. The standard InChI is InChI=1S/C18H19Cl2NO2/c1-10-7-11(2)12(3)17(8-10)23-13(4)18(22)21-16-6-5-14(19)9-15(16)20/h5-9,13H,1-4H3,(H,21,22)/t13-/m1/s1. The summed E-state index contributed by atoms with van der Waals surface area (Å²) in [6.07, 6.45) is -0.651. The molecule has 0 spiro atoms. The minimum absolute atomic E-state index is 0.271. The van der Waals surface area contributed by atoms with Gasteiger partial charge in [-0.1, -0.05) is 29.3 Å². The van der Waals surface area contributed by atoms with Crippen molar-refractivity contribution < 1.29 is 9.53 Å². The van der Waals surface area contributed by atoms with Crippen LogP contribution in [0.15, 0.2) is 30.3 Å². The summed E-state index contributed by atoms with van der Waals surface area (Å²) in [5.74, 6) is 0.445. The molecule has 1 amide bonds. The fourth-order valence-electron chi connectivity index (χ4n) is 2.19. The number of aryl methyl sites for hydroxylation is 2. The molecule has 0 radical (unpaired) electrons. The van der Waals surface area contributed by atoms with Crippen molar-refractivity contribution in [3.8, 4) is 5.75 Å². The maximum Gasteiger partial charge on any atom is 0.265 e. The molecule has 0 bridgehead atoms. The van der Waals surface area contributed by atoms with Gasteiger partial charge in [0.05, 0.1) is 10.7 Å². The number of rotatable bonds is 4. The third kappa shape index (κ3) is 4.40. The van der Waals surface area contributed by atoms with Crippen LogP contribution >= 0.6 is 23.2 Å². The van der Waals surface area contributed by atoms with Gasteiger partial charge in [-0.15, -0.1) is 0 Å². The summed E-state index contributed by atoms with van der Waals surface area (Å²) in [6.45, 7) is 7.70. The molecule has 0 aliphatic heterocycles. The number of halogens is 2. The molecule has 0 aromatic heterocycles.